The van der Waals surface area contributed by atoms with Crippen molar-refractivity contribution in [3.63, 3.8) is 0 Å². The molecule has 0 aromatic carbocycles. The molecule has 0 amide bonds. The van der Waals surface area contributed by atoms with Crippen LogP contribution in [0.4, 0.5) is 0 Å². The molecular formula is C14H26N4OS. The second-order valence-corrected chi connectivity index (χ2v) is 6.62. The number of hydrogen-bond acceptors (Lipinski definition) is 4. The number of thioether (sulfide) groups is 1. The molecule has 1 aromatic heterocycles. The lowest BCUT2D eigenvalue weighted by molar-refractivity contribution is 0.468. The van der Waals surface area contributed by atoms with Crippen LogP contribution in [0.1, 0.15) is 52.4 Å². The summed E-state index contributed by atoms with van der Waals surface area (Å²) in [4.78, 5) is 11.7. The van der Waals surface area contributed by atoms with Gasteiger partial charge in [-0.15, -0.1) is 5.10 Å². The maximum atomic E-state index is 11.7. The van der Waals surface area contributed by atoms with Gasteiger partial charge in [0.15, 0.2) is 5.16 Å². The molecule has 2 rings (SSSR count). The van der Waals surface area contributed by atoms with Gasteiger partial charge < -0.3 is 5.32 Å². The van der Waals surface area contributed by atoms with Crippen LogP contribution in [0.2, 0.25) is 0 Å². The average Bonchev–Trinajstić information content (AvgIpc) is 2.66. The van der Waals surface area contributed by atoms with E-state index in [0.29, 0.717) is 17.8 Å². The van der Waals surface area contributed by atoms with Crippen LogP contribution in [0.5, 0.6) is 0 Å². The average molecular weight is 298 g/mol. The van der Waals surface area contributed by atoms with Gasteiger partial charge in [-0.2, -0.15) is 0 Å². The van der Waals surface area contributed by atoms with Crippen molar-refractivity contribution >= 4 is 11.8 Å². The Morgan fingerprint density at radius 3 is 2.90 bits per heavy atom. The third-order valence-corrected chi connectivity index (χ3v) is 5.29. The van der Waals surface area contributed by atoms with E-state index < -0.39 is 0 Å². The molecule has 1 aliphatic rings. The minimum atomic E-state index is -0.0957. The molecule has 1 fully saturated rings. The summed E-state index contributed by atoms with van der Waals surface area (Å²) < 4.78 is 1.73. The first kappa shape index (κ1) is 15.6. The quantitative estimate of drug-likeness (QED) is 0.792. The molecule has 2 unspecified atom stereocenters. The standard InChI is InChI=1S/C14H26N4OS/c1-3-10-15-11-8-6-5-7-9-12(11)20-14-17-16-13(19)18(14)4-2/h11-12,15H,3-10H2,1-2H3,(H,16,19). The third-order valence-electron chi connectivity index (χ3n) is 3.91. The van der Waals surface area contributed by atoms with Gasteiger partial charge >= 0.3 is 5.69 Å². The zero-order chi connectivity index (χ0) is 14.4. The van der Waals surface area contributed by atoms with Crippen LogP contribution in [-0.4, -0.2) is 32.6 Å². The summed E-state index contributed by atoms with van der Waals surface area (Å²) in [5.41, 5.74) is -0.0957. The summed E-state index contributed by atoms with van der Waals surface area (Å²) in [6.07, 6.45) is 7.51. The predicted octanol–water partition coefficient (Wildman–Crippen LogP) is 2.38. The number of H-pyrrole nitrogens is 1. The van der Waals surface area contributed by atoms with E-state index in [1.165, 1.54) is 32.1 Å². The first-order valence-electron chi connectivity index (χ1n) is 7.81. The number of rotatable bonds is 6. The van der Waals surface area contributed by atoms with E-state index in [9.17, 15) is 4.79 Å². The van der Waals surface area contributed by atoms with Crippen molar-refractivity contribution in [2.75, 3.05) is 6.54 Å². The van der Waals surface area contributed by atoms with Crippen LogP contribution >= 0.6 is 11.8 Å². The number of hydrogen-bond donors (Lipinski definition) is 2. The van der Waals surface area contributed by atoms with E-state index in [-0.39, 0.29) is 5.69 Å². The van der Waals surface area contributed by atoms with Gasteiger partial charge in [0.05, 0.1) is 0 Å². The lowest BCUT2D eigenvalue weighted by Crippen LogP contribution is -2.38. The Balaban J connectivity index is 2.08. The Bertz CT molecular complexity index is 456. The molecule has 0 bridgehead atoms. The van der Waals surface area contributed by atoms with E-state index >= 15 is 0 Å². The zero-order valence-electron chi connectivity index (χ0n) is 12.5. The summed E-state index contributed by atoms with van der Waals surface area (Å²) in [6, 6.07) is 0.541. The van der Waals surface area contributed by atoms with Crippen molar-refractivity contribution in [2.45, 2.75) is 75.4 Å². The second kappa shape index (κ2) is 7.88. The van der Waals surface area contributed by atoms with Crippen LogP contribution in [0.15, 0.2) is 9.95 Å². The molecule has 0 aliphatic heterocycles. The normalized spacial score (nSPS) is 23.7. The highest BCUT2D eigenvalue weighted by Gasteiger charge is 2.26. The molecule has 0 radical (unpaired) electrons. The first-order valence-corrected chi connectivity index (χ1v) is 8.69. The van der Waals surface area contributed by atoms with Crippen LogP contribution in [0.25, 0.3) is 0 Å². The first-order chi connectivity index (χ1) is 9.76. The number of nitrogens with zero attached hydrogens (tertiary/aromatic N) is 2. The van der Waals surface area contributed by atoms with Gasteiger partial charge in [0.1, 0.15) is 0 Å². The van der Waals surface area contributed by atoms with Gasteiger partial charge in [0, 0.05) is 17.8 Å². The zero-order valence-corrected chi connectivity index (χ0v) is 13.3. The Hall–Kier alpha value is -0.750. The lowest BCUT2D eigenvalue weighted by Gasteiger charge is -2.25. The Morgan fingerprint density at radius 1 is 1.35 bits per heavy atom. The van der Waals surface area contributed by atoms with Crippen molar-refractivity contribution in [3.05, 3.63) is 10.5 Å². The smallest absolute Gasteiger partial charge is 0.313 e. The second-order valence-electron chi connectivity index (χ2n) is 5.41. The SMILES string of the molecule is CCCNC1CCCCCC1Sc1n[nH]c(=O)n1CC. The molecule has 1 aliphatic carbocycles. The third kappa shape index (κ3) is 3.88. The Labute approximate surface area is 124 Å². The number of nitrogens with one attached hydrogen (secondary N) is 2. The van der Waals surface area contributed by atoms with Crippen molar-refractivity contribution in [1.29, 1.82) is 0 Å². The highest BCUT2D eigenvalue weighted by molar-refractivity contribution is 7.99. The summed E-state index contributed by atoms with van der Waals surface area (Å²) in [5.74, 6) is 0. The highest BCUT2D eigenvalue weighted by Crippen LogP contribution is 2.31. The van der Waals surface area contributed by atoms with Crippen LogP contribution in [-0.2, 0) is 6.54 Å². The fourth-order valence-electron chi connectivity index (χ4n) is 2.79. The molecular weight excluding hydrogens is 272 g/mol. The summed E-state index contributed by atoms with van der Waals surface area (Å²) in [7, 11) is 0. The van der Waals surface area contributed by atoms with E-state index in [1.54, 1.807) is 16.3 Å². The fraction of sp³-hybridized carbons (Fsp3) is 0.857. The molecule has 1 saturated carbocycles. The molecule has 0 saturated heterocycles. The van der Waals surface area contributed by atoms with Crippen LogP contribution < -0.4 is 11.0 Å². The summed E-state index contributed by atoms with van der Waals surface area (Å²) in [6.45, 7) is 5.94. The summed E-state index contributed by atoms with van der Waals surface area (Å²) >= 11 is 1.77. The minimum Gasteiger partial charge on any atom is -0.313 e. The largest absolute Gasteiger partial charge is 0.343 e. The van der Waals surface area contributed by atoms with Gasteiger partial charge in [-0.3, -0.25) is 4.57 Å². The molecule has 5 nitrogen and oxygen atoms in total. The number of aromatic amines is 1. The summed E-state index contributed by atoms with van der Waals surface area (Å²) in [5, 5.41) is 11.8. The van der Waals surface area contributed by atoms with Gasteiger partial charge in [-0.1, -0.05) is 37.9 Å². The lowest BCUT2D eigenvalue weighted by atomic mass is 10.1. The predicted molar refractivity (Wildman–Crippen MR) is 83.3 cm³/mol. The van der Waals surface area contributed by atoms with E-state index in [0.717, 1.165) is 18.1 Å². The van der Waals surface area contributed by atoms with Crippen molar-refractivity contribution < 1.29 is 0 Å². The van der Waals surface area contributed by atoms with Crippen LogP contribution in [0, 0.1) is 0 Å². The maximum absolute atomic E-state index is 11.7. The molecule has 2 atom stereocenters. The monoisotopic (exact) mass is 298 g/mol. The fourth-order valence-corrected chi connectivity index (χ4v) is 4.17. The van der Waals surface area contributed by atoms with Gasteiger partial charge in [0.2, 0.25) is 0 Å². The van der Waals surface area contributed by atoms with Crippen molar-refractivity contribution in [3.8, 4) is 0 Å². The van der Waals surface area contributed by atoms with Crippen molar-refractivity contribution in [1.82, 2.24) is 20.1 Å². The van der Waals surface area contributed by atoms with Gasteiger partial charge in [0.25, 0.3) is 0 Å². The van der Waals surface area contributed by atoms with Gasteiger partial charge in [-0.05, 0) is 32.7 Å². The Kier molecular flexibility index (Phi) is 6.16. The van der Waals surface area contributed by atoms with E-state index in [4.69, 9.17) is 0 Å². The molecule has 114 valence electrons. The van der Waals surface area contributed by atoms with Gasteiger partial charge in [-0.25, -0.2) is 9.89 Å². The molecule has 1 heterocycles. The molecule has 2 N–H and O–H groups in total. The van der Waals surface area contributed by atoms with Crippen LogP contribution in [0.3, 0.4) is 0 Å². The molecule has 0 spiro atoms. The molecule has 1 aromatic rings. The number of aromatic nitrogens is 3. The molecule has 6 heteroatoms. The Morgan fingerprint density at radius 2 is 2.15 bits per heavy atom. The maximum Gasteiger partial charge on any atom is 0.343 e. The van der Waals surface area contributed by atoms with Crippen molar-refractivity contribution in [2.24, 2.45) is 0 Å². The van der Waals surface area contributed by atoms with E-state index in [1.807, 2.05) is 6.92 Å². The van der Waals surface area contributed by atoms with E-state index in [2.05, 4.69) is 22.4 Å². The highest BCUT2D eigenvalue weighted by atomic mass is 32.2. The molecule has 20 heavy (non-hydrogen) atoms. The topological polar surface area (TPSA) is 62.7 Å². The minimum absolute atomic E-state index is 0.0957.